The third kappa shape index (κ3) is 8.53. The van der Waals surface area contributed by atoms with Crippen LogP contribution >= 0.6 is 0 Å². The molecular weight excluding hydrogens is 480 g/mol. The Hall–Kier alpha value is -3.49. The molecule has 1 aromatic carbocycles. The average molecular weight is 523 g/mol. The first-order valence-electron chi connectivity index (χ1n) is 13.2. The van der Waals surface area contributed by atoms with E-state index in [-0.39, 0.29) is 6.17 Å². The van der Waals surface area contributed by atoms with Gasteiger partial charge in [-0.15, -0.1) is 0 Å². The summed E-state index contributed by atoms with van der Waals surface area (Å²) in [6.07, 6.45) is 10.1. The molecule has 3 N–H and O–H groups in total. The van der Waals surface area contributed by atoms with Gasteiger partial charge < -0.3 is 15.3 Å². The zero-order valence-electron chi connectivity index (χ0n) is 23.3. The first-order chi connectivity index (χ1) is 18.3. The second-order valence-electron chi connectivity index (χ2n) is 9.41. The van der Waals surface area contributed by atoms with Crippen molar-refractivity contribution in [3.05, 3.63) is 82.0 Å². The quantitative estimate of drug-likeness (QED) is 0.120. The van der Waals surface area contributed by atoms with Gasteiger partial charge in [0.25, 0.3) is 0 Å². The SMILES string of the molecule is C=C/C(=C\C=C(/C)C/C(C=O)=C(\CCCC)N(CC(C)O)C(CC)NC)c1ccccc1-c1noc(=O)[nH]1. The van der Waals surface area contributed by atoms with Crippen LogP contribution in [0.5, 0.6) is 0 Å². The molecule has 8 heteroatoms. The topological polar surface area (TPSA) is 111 Å². The van der Waals surface area contributed by atoms with Crippen LogP contribution in [0.1, 0.15) is 65.4 Å². The summed E-state index contributed by atoms with van der Waals surface area (Å²) < 4.78 is 4.69. The lowest BCUT2D eigenvalue weighted by Crippen LogP contribution is -2.46. The Kier molecular flexibility index (Phi) is 12.7. The van der Waals surface area contributed by atoms with E-state index >= 15 is 0 Å². The second kappa shape index (κ2) is 15.7. The number of carbonyl (C=O) groups excluding carboxylic acids is 1. The molecule has 0 radical (unpaired) electrons. The lowest BCUT2D eigenvalue weighted by molar-refractivity contribution is -0.105. The number of hydrogen-bond donors (Lipinski definition) is 3. The highest BCUT2D eigenvalue weighted by Gasteiger charge is 2.22. The second-order valence-corrected chi connectivity index (χ2v) is 9.41. The number of aromatic amines is 1. The van der Waals surface area contributed by atoms with E-state index in [1.54, 1.807) is 13.0 Å². The Balaban J connectivity index is 2.48. The molecule has 8 nitrogen and oxygen atoms in total. The average Bonchev–Trinajstić information content (AvgIpc) is 3.34. The highest BCUT2D eigenvalue weighted by Crippen LogP contribution is 2.28. The minimum absolute atomic E-state index is 0.0161. The zero-order chi connectivity index (χ0) is 28.1. The molecule has 1 heterocycles. The lowest BCUT2D eigenvalue weighted by Gasteiger charge is -2.37. The number of hydrogen-bond acceptors (Lipinski definition) is 7. The molecule has 0 saturated carbocycles. The van der Waals surface area contributed by atoms with Gasteiger partial charge in [-0.05, 0) is 57.7 Å². The van der Waals surface area contributed by atoms with Crippen molar-refractivity contribution in [2.24, 2.45) is 0 Å². The Morgan fingerprint density at radius 1 is 1.29 bits per heavy atom. The van der Waals surface area contributed by atoms with Gasteiger partial charge in [0.1, 0.15) is 6.29 Å². The van der Waals surface area contributed by atoms with E-state index < -0.39 is 11.9 Å². The molecule has 0 saturated heterocycles. The van der Waals surface area contributed by atoms with Crippen LogP contribution < -0.4 is 11.1 Å². The third-order valence-electron chi connectivity index (χ3n) is 6.35. The van der Waals surface area contributed by atoms with Crippen molar-refractivity contribution in [2.75, 3.05) is 13.6 Å². The summed E-state index contributed by atoms with van der Waals surface area (Å²) in [5.74, 6) is -0.269. The maximum Gasteiger partial charge on any atom is 0.439 e. The standard InChI is InChI=1S/C30H42N4O4/c1-7-10-15-27(34(19-22(5)36)28(9-3)31-6)24(20-35)18-21(4)16-17-23(8-2)25-13-11-12-14-26(25)29-32-30(37)38-33-29/h8,11-14,16-17,20,22,28,31,36H,2,7,9-10,15,18-19H2,1,3-6H3,(H,32,33,37)/b21-16+,23-17+,27-24-. The number of H-pyrrole nitrogens is 1. The van der Waals surface area contributed by atoms with Crippen molar-refractivity contribution in [1.29, 1.82) is 0 Å². The van der Waals surface area contributed by atoms with E-state index in [1.165, 1.54) is 0 Å². The molecule has 2 rings (SSSR count). The molecule has 0 fully saturated rings. The molecule has 38 heavy (non-hydrogen) atoms. The fourth-order valence-corrected chi connectivity index (χ4v) is 4.48. The molecule has 2 unspecified atom stereocenters. The Morgan fingerprint density at radius 3 is 2.58 bits per heavy atom. The molecule has 0 aliphatic carbocycles. The number of carbonyl (C=O) groups is 1. The third-order valence-corrected chi connectivity index (χ3v) is 6.35. The van der Waals surface area contributed by atoms with Gasteiger partial charge in [-0.25, -0.2) is 4.79 Å². The predicted octanol–water partition coefficient (Wildman–Crippen LogP) is 5.22. The Bertz CT molecular complexity index is 1200. The summed E-state index contributed by atoms with van der Waals surface area (Å²) >= 11 is 0. The van der Waals surface area contributed by atoms with Gasteiger partial charge >= 0.3 is 5.76 Å². The monoisotopic (exact) mass is 522 g/mol. The van der Waals surface area contributed by atoms with E-state index in [2.05, 4.69) is 45.3 Å². The van der Waals surface area contributed by atoms with Crippen LogP contribution in [0.2, 0.25) is 0 Å². The Morgan fingerprint density at radius 2 is 2.03 bits per heavy atom. The van der Waals surface area contributed by atoms with Crippen molar-refractivity contribution in [1.82, 2.24) is 20.4 Å². The Labute approximate surface area is 225 Å². The largest absolute Gasteiger partial charge is 0.439 e. The van der Waals surface area contributed by atoms with Crippen molar-refractivity contribution in [3.8, 4) is 11.4 Å². The van der Waals surface area contributed by atoms with Crippen LogP contribution in [-0.4, -0.2) is 52.3 Å². The fraction of sp³-hybridized carbons (Fsp3) is 0.433. The van der Waals surface area contributed by atoms with E-state index in [1.807, 2.05) is 50.4 Å². The molecule has 0 amide bonds. The van der Waals surface area contributed by atoms with Gasteiger partial charge in [-0.3, -0.25) is 14.3 Å². The highest BCUT2D eigenvalue weighted by molar-refractivity contribution is 5.84. The molecule has 1 aromatic heterocycles. The van der Waals surface area contributed by atoms with Crippen molar-refractivity contribution < 1.29 is 14.4 Å². The number of rotatable bonds is 16. The van der Waals surface area contributed by atoms with E-state index in [9.17, 15) is 14.7 Å². The molecule has 2 aromatic rings. The lowest BCUT2D eigenvalue weighted by atomic mass is 9.97. The van der Waals surface area contributed by atoms with Crippen LogP contribution in [0.15, 0.2) is 75.2 Å². The number of nitrogens with one attached hydrogen (secondary N) is 2. The minimum Gasteiger partial charge on any atom is -0.392 e. The maximum atomic E-state index is 12.4. The summed E-state index contributed by atoms with van der Waals surface area (Å²) in [4.78, 5) is 28.6. The summed E-state index contributed by atoms with van der Waals surface area (Å²) in [5, 5.41) is 17.4. The smallest absolute Gasteiger partial charge is 0.392 e. The molecule has 0 spiro atoms. The van der Waals surface area contributed by atoms with E-state index in [0.717, 1.165) is 65.5 Å². The molecule has 206 valence electrons. The molecule has 0 aliphatic rings. The summed E-state index contributed by atoms with van der Waals surface area (Å²) in [6, 6.07) is 7.54. The fourth-order valence-electron chi connectivity index (χ4n) is 4.48. The van der Waals surface area contributed by atoms with Gasteiger partial charge in [-0.2, -0.15) is 0 Å². The van der Waals surface area contributed by atoms with Crippen LogP contribution in [0.25, 0.3) is 17.0 Å². The molecule has 2 atom stereocenters. The normalized spacial score (nSPS) is 14.6. The first-order valence-corrected chi connectivity index (χ1v) is 13.2. The van der Waals surface area contributed by atoms with Crippen LogP contribution in [0.3, 0.4) is 0 Å². The number of aliphatic hydroxyl groups is 1. The van der Waals surface area contributed by atoms with Gasteiger partial charge in [0.05, 0.1) is 12.3 Å². The summed E-state index contributed by atoms with van der Waals surface area (Å²) in [5.41, 5.74) is 5.10. The van der Waals surface area contributed by atoms with Crippen molar-refractivity contribution in [3.63, 3.8) is 0 Å². The van der Waals surface area contributed by atoms with Crippen molar-refractivity contribution >= 4 is 11.9 Å². The van der Waals surface area contributed by atoms with Crippen LogP contribution in [0.4, 0.5) is 0 Å². The van der Waals surface area contributed by atoms with E-state index in [4.69, 9.17) is 0 Å². The number of nitrogens with zero attached hydrogens (tertiary/aromatic N) is 2. The maximum absolute atomic E-state index is 12.4. The number of aromatic nitrogens is 2. The zero-order valence-corrected chi connectivity index (χ0v) is 23.3. The summed E-state index contributed by atoms with van der Waals surface area (Å²) in [6.45, 7) is 12.4. The number of unbranched alkanes of at least 4 members (excludes halogenated alkanes) is 1. The van der Waals surface area contributed by atoms with Crippen LogP contribution in [-0.2, 0) is 4.79 Å². The number of allylic oxidation sites excluding steroid dienone is 7. The van der Waals surface area contributed by atoms with Gasteiger partial charge in [0, 0.05) is 23.4 Å². The predicted molar refractivity (Wildman–Crippen MR) is 153 cm³/mol. The number of benzene rings is 1. The van der Waals surface area contributed by atoms with E-state index in [0.29, 0.717) is 18.8 Å². The molecule has 0 bridgehead atoms. The van der Waals surface area contributed by atoms with Gasteiger partial charge in [0.15, 0.2) is 5.82 Å². The van der Waals surface area contributed by atoms with Crippen molar-refractivity contribution in [2.45, 2.75) is 72.1 Å². The first kappa shape index (κ1) is 30.7. The van der Waals surface area contributed by atoms with Crippen LogP contribution in [0, 0.1) is 0 Å². The molecular formula is C30H42N4O4. The van der Waals surface area contributed by atoms with Gasteiger partial charge in [-0.1, -0.05) is 80.1 Å². The minimum atomic E-state index is -0.616. The molecule has 0 aliphatic heterocycles. The van der Waals surface area contributed by atoms with Gasteiger partial charge in [0.2, 0.25) is 0 Å². The number of aldehydes is 1. The summed E-state index contributed by atoms with van der Waals surface area (Å²) in [7, 11) is 1.90. The number of aliphatic hydroxyl groups excluding tert-OH is 1. The highest BCUT2D eigenvalue weighted by atomic mass is 16.5.